The number of nitrogens with one attached hydrogen (secondary N) is 6. The van der Waals surface area contributed by atoms with Crippen molar-refractivity contribution >= 4 is 54.4 Å². The topological polar surface area (TPSA) is 242 Å². The molecular weight excluding hydrogens is 554 g/mol. The van der Waals surface area contributed by atoms with Crippen molar-refractivity contribution in [2.45, 2.75) is 89.0 Å². The number of rotatable bonds is 17. The van der Waals surface area contributed by atoms with E-state index in [0.717, 1.165) is 32.1 Å². The van der Waals surface area contributed by atoms with Crippen LogP contribution in [0.25, 0.3) is 0 Å². The van der Waals surface area contributed by atoms with Crippen LogP contribution in [0.4, 0.5) is 0 Å². The molecule has 0 heterocycles. The second kappa shape index (κ2) is 18.9. The molecule has 0 aromatic carbocycles. The highest BCUT2D eigenvalue weighted by Crippen LogP contribution is 2.22. The van der Waals surface area contributed by atoms with Gasteiger partial charge < -0.3 is 43.0 Å². The van der Waals surface area contributed by atoms with Crippen LogP contribution >= 0.6 is 12.6 Å². The highest BCUT2D eigenvalue weighted by atomic mass is 32.1. The summed E-state index contributed by atoms with van der Waals surface area (Å²) < 4.78 is 0. The van der Waals surface area contributed by atoms with E-state index in [9.17, 15) is 28.8 Å². The van der Waals surface area contributed by atoms with Gasteiger partial charge in [-0.1, -0.05) is 19.3 Å². The number of thiol groups is 1. The Morgan fingerprint density at radius 3 is 2.15 bits per heavy atom. The number of hydrogen-bond donors (Lipinski definition) is 9. The SMILES string of the molecule is C[C@H](NC(=O)[C@H](C)NC(=O)[C@H](CS)NC(=O)[C@@H](N)CCCNC(=N)N)C(=O)NCC(=O)N(C[C]=O)C1CCCCC1. The summed E-state index contributed by atoms with van der Waals surface area (Å²) >= 11 is 4.09. The molecule has 1 radical (unpaired) electrons. The lowest BCUT2D eigenvalue weighted by Crippen LogP contribution is -2.57. The lowest BCUT2D eigenvalue weighted by atomic mass is 9.94. The third kappa shape index (κ3) is 13.2. The number of nitrogens with two attached hydrogens (primary N) is 2. The van der Waals surface area contributed by atoms with Crippen LogP contribution in [0.15, 0.2) is 0 Å². The van der Waals surface area contributed by atoms with Crippen LogP contribution in [0.1, 0.15) is 58.8 Å². The second-order valence-corrected chi connectivity index (χ2v) is 10.3. The van der Waals surface area contributed by atoms with Crippen LogP contribution in [-0.4, -0.2) is 102 Å². The van der Waals surface area contributed by atoms with Gasteiger partial charge in [-0.2, -0.15) is 12.6 Å². The average molecular weight is 599 g/mol. The minimum Gasteiger partial charge on any atom is -0.370 e. The summed E-state index contributed by atoms with van der Waals surface area (Å²) in [6, 6.07) is -4.11. The fourth-order valence-corrected chi connectivity index (χ4v) is 4.49. The van der Waals surface area contributed by atoms with Crippen molar-refractivity contribution in [2.24, 2.45) is 11.5 Å². The molecule has 1 fully saturated rings. The number of carbonyl (C=O) groups excluding carboxylic acids is 6. The number of guanidine groups is 1. The molecule has 0 spiro atoms. The summed E-state index contributed by atoms with van der Waals surface area (Å²) in [5.41, 5.74) is 11.0. The zero-order valence-electron chi connectivity index (χ0n) is 23.7. The Kier molecular flexibility index (Phi) is 16.4. The summed E-state index contributed by atoms with van der Waals surface area (Å²) in [4.78, 5) is 75.1. The minimum atomic E-state index is -1.06. The van der Waals surface area contributed by atoms with Crippen LogP contribution in [0, 0.1) is 5.41 Å². The highest BCUT2D eigenvalue weighted by Gasteiger charge is 2.28. The molecule has 0 aliphatic heterocycles. The number of hydrogen-bond acceptors (Lipinski definition) is 9. The Hall–Kier alpha value is -3.40. The van der Waals surface area contributed by atoms with E-state index in [4.69, 9.17) is 16.9 Å². The van der Waals surface area contributed by atoms with Crippen molar-refractivity contribution < 1.29 is 28.8 Å². The van der Waals surface area contributed by atoms with Crippen LogP contribution in [0.5, 0.6) is 0 Å². The quantitative estimate of drug-likeness (QED) is 0.0368. The number of nitrogens with zero attached hydrogens (tertiary/aromatic N) is 1. The van der Waals surface area contributed by atoms with Gasteiger partial charge in [0.2, 0.25) is 35.8 Å². The van der Waals surface area contributed by atoms with E-state index in [1.165, 1.54) is 18.7 Å². The van der Waals surface area contributed by atoms with Crippen LogP contribution in [0.3, 0.4) is 0 Å². The molecule has 0 aromatic rings. The molecule has 0 bridgehead atoms. The van der Waals surface area contributed by atoms with Crippen LogP contribution in [-0.2, 0) is 28.8 Å². The second-order valence-electron chi connectivity index (χ2n) is 9.97. The predicted molar refractivity (Wildman–Crippen MR) is 155 cm³/mol. The minimum absolute atomic E-state index is 0.0584. The van der Waals surface area contributed by atoms with E-state index in [2.05, 4.69) is 39.2 Å². The zero-order valence-corrected chi connectivity index (χ0v) is 24.6. The van der Waals surface area contributed by atoms with Crippen molar-refractivity contribution in [3.05, 3.63) is 0 Å². The zero-order chi connectivity index (χ0) is 30.9. The molecule has 4 atom stereocenters. The number of carbonyl (C=O) groups is 5. The Bertz CT molecular complexity index is 931. The summed E-state index contributed by atoms with van der Waals surface area (Å²) in [6.45, 7) is 2.70. The maximum atomic E-state index is 12.7. The molecule has 1 rings (SSSR count). The molecule has 5 amide bonds. The Morgan fingerprint density at radius 2 is 1.56 bits per heavy atom. The first-order valence-electron chi connectivity index (χ1n) is 13.7. The smallest absolute Gasteiger partial charge is 0.244 e. The van der Waals surface area contributed by atoms with Crippen molar-refractivity contribution in [3.8, 4) is 0 Å². The van der Waals surface area contributed by atoms with E-state index >= 15 is 0 Å². The van der Waals surface area contributed by atoms with Crippen LogP contribution in [0.2, 0.25) is 0 Å². The Balaban J connectivity index is 2.52. The fraction of sp³-hybridized carbons (Fsp3) is 0.720. The molecular formula is C25H44N9O6S. The van der Waals surface area contributed by atoms with Gasteiger partial charge in [-0.15, -0.1) is 0 Å². The fourth-order valence-electron chi connectivity index (χ4n) is 4.23. The van der Waals surface area contributed by atoms with Gasteiger partial charge in [0.25, 0.3) is 0 Å². The molecule has 1 saturated carbocycles. The van der Waals surface area contributed by atoms with Gasteiger partial charge >= 0.3 is 0 Å². The third-order valence-corrected chi connectivity index (χ3v) is 7.01. The summed E-state index contributed by atoms with van der Waals surface area (Å²) in [7, 11) is 0. The molecule has 1 aliphatic rings. The van der Waals surface area contributed by atoms with E-state index in [-0.39, 0.29) is 37.3 Å². The van der Waals surface area contributed by atoms with E-state index < -0.39 is 53.7 Å². The van der Waals surface area contributed by atoms with Crippen molar-refractivity contribution in [2.75, 3.05) is 25.4 Å². The van der Waals surface area contributed by atoms with Gasteiger partial charge in [-0.25, -0.2) is 0 Å². The molecule has 0 saturated heterocycles. The summed E-state index contributed by atoms with van der Waals surface area (Å²) in [5.74, 6) is -3.17. The molecule has 41 heavy (non-hydrogen) atoms. The summed E-state index contributed by atoms with van der Waals surface area (Å²) in [6.07, 6.45) is 7.11. The molecule has 15 nitrogen and oxygen atoms in total. The van der Waals surface area contributed by atoms with Gasteiger partial charge in [-0.3, -0.25) is 34.2 Å². The molecule has 10 N–H and O–H groups in total. The first-order chi connectivity index (χ1) is 19.4. The Morgan fingerprint density at radius 1 is 0.951 bits per heavy atom. The van der Waals surface area contributed by atoms with Gasteiger partial charge in [0.1, 0.15) is 18.1 Å². The molecule has 1 aliphatic carbocycles. The van der Waals surface area contributed by atoms with Gasteiger partial charge in [0.15, 0.2) is 5.96 Å². The van der Waals surface area contributed by atoms with Gasteiger partial charge in [0.05, 0.1) is 19.1 Å². The standard InChI is InChI=1S/C25H44N9O6S/c1-15(21(37)30-13-20(36)34(11-12-35)17-7-4-3-5-8-17)31-22(38)16(2)32-24(40)19(14-41)33-23(39)18(26)9-6-10-29-25(27)28/h15-19,41H,3-11,13-14,26H2,1-2H3,(H,30,37)(H,31,38)(H,32,40)(H,33,39)(H4,27,28,29)/t15-,16-,18-,19-/m0/s1. The number of amides is 5. The van der Waals surface area contributed by atoms with Gasteiger partial charge in [0, 0.05) is 18.3 Å². The van der Waals surface area contributed by atoms with Crippen molar-refractivity contribution in [1.29, 1.82) is 5.41 Å². The van der Waals surface area contributed by atoms with E-state index in [0.29, 0.717) is 13.0 Å². The van der Waals surface area contributed by atoms with Crippen molar-refractivity contribution in [3.63, 3.8) is 0 Å². The largest absolute Gasteiger partial charge is 0.370 e. The Labute approximate surface area is 245 Å². The molecule has 0 unspecified atom stereocenters. The lowest BCUT2D eigenvalue weighted by molar-refractivity contribution is -0.135. The normalized spacial score (nSPS) is 16.2. The average Bonchev–Trinajstić information content (AvgIpc) is 2.95. The highest BCUT2D eigenvalue weighted by molar-refractivity contribution is 7.80. The molecule has 16 heteroatoms. The van der Waals surface area contributed by atoms with E-state index in [1.54, 1.807) is 6.29 Å². The van der Waals surface area contributed by atoms with Crippen molar-refractivity contribution in [1.82, 2.24) is 31.5 Å². The predicted octanol–water partition coefficient (Wildman–Crippen LogP) is -2.61. The van der Waals surface area contributed by atoms with Crippen LogP contribution < -0.4 is 38.1 Å². The van der Waals surface area contributed by atoms with Gasteiger partial charge in [-0.05, 0) is 39.5 Å². The van der Waals surface area contributed by atoms with E-state index in [1.807, 2.05) is 0 Å². The molecule has 0 aromatic heterocycles. The third-order valence-electron chi connectivity index (χ3n) is 6.65. The monoisotopic (exact) mass is 598 g/mol. The first-order valence-corrected chi connectivity index (χ1v) is 14.3. The summed E-state index contributed by atoms with van der Waals surface area (Å²) in [5, 5.41) is 19.6. The molecule has 231 valence electrons. The maximum Gasteiger partial charge on any atom is 0.244 e. The maximum absolute atomic E-state index is 12.7. The lowest BCUT2D eigenvalue weighted by Gasteiger charge is -2.33. The first kappa shape index (κ1) is 35.6.